The lowest BCUT2D eigenvalue weighted by Crippen LogP contribution is -2.41. The number of hydrogen-bond donors (Lipinski definition) is 1. The predicted octanol–water partition coefficient (Wildman–Crippen LogP) is 2.38. The Kier molecular flexibility index (Phi) is 4.58. The van der Waals surface area contributed by atoms with E-state index in [0.717, 1.165) is 19.5 Å². The molecule has 1 atom stereocenters. The van der Waals surface area contributed by atoms with Crippen molar-refractivity contribution in [3.8, 4) is 0 Å². The molecule has 2 heterocycles. The average molecular weight is 281 g/mol. The first-order valence-electron chi connectivity index (χ1n) is 7.08. The van der Waals surface area contributed by atoms with Crippen LogP contribution in [0.25, 0.3) is 0 Å². The highest BCUT2D eigenvalue weighted by Gasteiger charge is 2.53. The normalized spacial score (nSPS) is 23.1. The average Bonchev–Trinajstić information content (AvgIpc) is 2.86. The van der Waals surface area contributed by atoms with Gasteiger partial charge < -0.3 is 10.2 Å². The molecule has 1 saturated heterocycles. The number of thiazole rings is 1. The summed E-state index contributed by atoms with van der Waals surface area (Å²) in [5.41, 5.74) is 2.78. The van der Waals surface area contributed by atoms with Crippen LogP contribution in [-0.2, 0) is 0 Å². The van der Waals surface area contributed by atoms with Crippen LogP contribution >= 0.6 is 11.3 Å². The van der Waals surface area contributed by atoms with Crippen LogP contribution in [0.2, 0.25) is 0 Å². The van der Waals surface area contributed by atoms with Crippen molar-refractivity contribution in [1.82, 2.24) is 15.2 Å². The van der Waals surface area contributed by atoms with Gasteiger partial charge in [0.1, 0.15) is 5.69 Å². The number of hydrogen-bond acceptors (Lipinski definition) is 4. The molecule has 1 aromatic rings. The molecule has 1 N–H and O–H groups in total. The molecule has 0 aromatic carbocycles. The van der Waals surface area contributed by atoms with Crippen molar-refractivity contribution in [3.05, 3.63) is 16.6 Å². The van der Waals surface area contributed by atoms with E-state index >= 15 is 0 Å². The Bertz CT molecular complexity index is 414. The Labute approximate surface area is 119 Å². The molecule has 3 rings (SSSR count). The van der Waals surface area contributed by atoms with Gasteiger partial charge in [0.15, 0.2) is 0 Å². The van der Waals surface area contributed by atoms with Gasteiger partial charge in [0.2, 0.25) is 0 Å². The molecule has 4 nitrogen and oxygen atoms in total. The lowest BCUT2D eigenvalue weighted by atomic mass is 10.0. The monoisotopic (exact) mass is 281 g/mol. The van der Waals surface area contributed by atoms with E-state index in [2.05, 4.69) is 10.3 Å². The number of likely N-dealkylation sites (N-methyl/N-ethyl adjacent to an activating group) is 1. The molecule has 1 spiro atoms. The van der Waals surface area contributed by atoms with Crippen molar-refractivity contribution in [2.24, 2.45) is 5.41 Å². The van der Waals surface area contributed by atoms with E-state index < -0.39 is 0 Å². The molecule has 1 aliphatic carbocycles. The molecule has 0 radical (unpaired) electrons. The second kappa shape index (κ2) is 6.01. The summed E-state index contributed by atoms with van der Waals surface area (Å²) in [7, 11) is 1.95. The van der Waals surface area contributed by atoms with Crippen LogP contribution in [0, 0.1) is 5.41 Å². The van der Waals surface area contributed by atoms with Gasteiger partial charge in [0.25, 0.3) is 5.91 Å². The number of aromatic nitrogens is 1. The van der Waals surface area contributed by atoms with Crippen molar-refractivity contribution >= 4 is 17.2 Å². The van der Waals surface area contributed by atoms with Crippen molar-refractivity contribution in [2.75, 3.05) is 20.1 Å². The zero-order valence-electron chi connectivity index (χ0n) is 12.0. The van der Waals surface area contributed by atoms with Crippen LogP contribution in [0.3, 0.4) is 0 Å². The molecular weight excluding hydrogens is 258 g/mol. The van der Waals surface area contributed by atoms with Crippen LogP contribution < -0.4 is 5.32 Å². The number of carbonyl (C=O) groups is 1. The topological polar surface area (TPSA) is 45.2 Å². The summed E-state index contributed by atoms with van der Waals surface area (Å²) in [5, 5.41) is 5.04. The van der Waals surface area contributed by atoms with Gasteiger partial charge in [-0.25, -0.2) is 4.98 Å². The number of nitrogens with one attached hydrogen (secondary N) is 1. The SMILES string of the molecule is CC.CNC[C@@H]1CC2(CC2)CN1C(=O)c1cscn1. The summed E-state index contributed by atoms with van der Waals surface area (Å²) in [5.74, 6) is 0.107. The molecular formula is C14H23N3OS. The van der Waals surface area contributed by atoms with Crippen LogP contribution in [0.5, 0.6) is 0 Å². The first-order valence-corrected chi connectivity index (χ1v) is 8.02. The van der Waals surface area contributed by atoms with E-state index in [1.54, 1.807) is 5.51 Å². The quantitative estimate of drug-likeness (QED) is 0.925. The van der Waals surface area contributed by atoms with Crippen LogP contribution in [0.4, 0.5) is 0 Å². The summed E-state index contributed by atoms with van der Waals surface area (Å²) >= 11 is 1.48. The van der Waals surface area contributed by atoms with Gasteiger partial charge in [-0.05, 0) is 31.7 Å². The highest BCUT2D eigenvalue weighted by molar-refractivity contribution is 7.07. The molecule has 19 heavy (non-hydrogen) atoms. The molecule has 1 amide bonds. The van der Waals surface area contributed by atoms with E-state index in [1.807, 2.05) is 31.2 Å². The van der Waals surface area contributed by atoms with Gasteiger partial charge in [-0.15, -0.1) is 11.3 Å². The second-order valence-corrected chi connectivity index (χ2v) is 5.94. The van der Waals surface area contributed by atoms with Crippen LogP contribution in [0.15, 0.2) is 10.9 Å². The third-order valence-corrected chi connectivity index (χ3v) is 4.51. The largest absolute Gasteiger partial charge is 0.332 e. The molecule has 1 aromatic heterocycles. The fraction of sp³-hybridized carbons (Fsp3) is 0.714. The Balaban J connectivity index is 0.000000637. The number of rotatable bonds is 3. The summed E-state index contributed by atoms with van der Waals surface area (Å²) in [4.78, 5) is 18.5. The van der Waals surface area contributed by atoms with Gasteiger partial charge >= 0.3 is 0 Å². The minimum absolute atomic E-state index is 0.107. The summed E-state index contributed by atoms with van der Waals surface area (Å²) in [6, 6.07) is 0.344. The second-order valence-electron chi connectivity index (χ2n) is 5.22. The van der Waals surface area contributed by atoms with Crippen LogP contribution in [-0.4, -0.2) is 42.0 Å². The lowest BCUT2D eigenvalue weighted by Gasteiger charge is -2.23. The van der Waals surface area contributed by atoms with E-state index in [9.17, 15) is 4.79 Å². The van der Waals surface area contributed by atoms with E-state index in [4.69, 9.17) is 0 Å². The zero-order chi connectivity index (χ0) is 13.9. The number of likely N-dealkylation sites (tertiary alicyclic amines) is 1. The molecule has 1 aliphatic heterocycles. The third kappa shape index (κ3) is 2.98. The Morgan fingerprint density at radius 3 is 2.84 bits per heavy atom. The predicted molar refractivity (Wildman–Crippen MR) is 78.5 cm³/mol. The summed E-state index contributed by atoms with van der Waals surface area (Å²) in [6.07, 6.45) is 3.73. The highest BCUT2D eigenvalue weighted by Crippen LogP contribution is 2.54. The van der Waals surface area contributed by atoms with Gasteiger partial charge in [0, 0.05) is 24.5 Å². The number of nitrogens with zero attached hydrogens (tertiary/aromatic N) is 2. The maximum absolute atomic E-state index is 12.4. The van der Waals surface area contributed by atoms with Crippen LogP contribution in [0.1, 0.15) is 43.6 Å². The maximum atomic E-state index is 12.4. The van der Waals surface area contributed by atoms with E-state index in [1.165, 1.54) is 24.2 Å². The van der Waals surface area contributed by atoms with Crippen molar-refractivity contribution < 1.29 is 4.79 Å². The van der Waals surface area contributed by atoms with E-state index in [0.29, 0.717) is 17.2 Å². The fourth-order valence-corrected chi connectivity index (χ4v) is 3.35. The van der Waals surface area contributed by atoms with Gasteiger partial charge in [0.05, 0.1) is 5.51 Å². The molecule has 5 heteroatoms. The lowest BCUT2D eigenvalue weighted by molar-refractivity contribution is 0.0726. The third-order valence-electron chi connectivity index (χ3n) is 3.92. The molecule has 106 valence electrons. The summed E-state index contributed by atoms with van der Waals surface area (Å²) < 4.78 is 0. The summed E-state index contributed by atoms with van der Waals surface area (Å²) in [6.45, 7) is 5.81. The van der Waals surface area contributed by atoms with Crippen molar-refractivity contribution in [2.45, 2.75) is 39.2 Å². The fourth-order valence-electron chi connectivity index (χ4n) is 2.82. The molecule has 2 fully saturated rings. The minimum atomic E-state index is 0.107. The molecule has 2 aliphatic rings. The smallest absolute Gasteiger partial charge is 0.273 e. The number of amides is 1. The molecule has 1 saturated carbocycles. The minimum Gasteiger partial charge on any atom is -0.332 e. The first kappa shape index (κ1) is 14.5. The van der Waals surface area contributed by atoms with Gasteiger partial charge in [-0.2, -0.15) is 0 Å². The Morgan fingerprint density at radius 1 is 1.58 bits per heavy atom. The highest BCUT2D eigenvalue weighted by atomic mass is 32.1. The van der Waals surface area contributed by atoms with Gasteiger partial charge in [-0.3, -0.25) is 4.79 Å². The van der Waals surface area contributed by atoms with Crippen molar-refractivity contribution in [3.63, 3.8) is 0 Å². The van der Waals surface area contributed by atoms with Gasteiger partial charge in [-0.1, -0.05) is 13.8 Å². The first-order chi connectivity index (χ1) is 9.24. The van der Waals surface area contributed by atoms with E-state index in [-0.39, 0.29) is 5.91 Å². The zero-order valence-corrected chi connectivity index (χ0v) is 12.8. The molecule has 0 bridgehead atoms. The Hall–Kier alpha value is -0.940. The maximum Gasteiger partial charge on any atom is 0.273 e. The standard InChI is InChI=1S/C12H17N3OS.C2H6/c1-13-5-9-4-12(2-3-12)7-15(9)11(16)10-6-17-8-14-10;1-2/h6,8-9,13H,2-5,7H2,1H3;1-2H3/t9-;/m0./s1. The van der Waals surface area contributed by atoms with Crippen molar-refractivity contribution in [1.29, 1.82) is 0 Å². The number of carbonyl (C=O) groups excluding carboxylic acids is 1. The molecule has 0 unspecified atom stereocenters. The Morgan fingerprint density at radius 2 is 2.32 bits per heavy atom.